The minimum Gasteiger partial charge on any atom is -0.385 e. The summed E-state index contributed by atoms with van der Waals surface area (Å²) in [6.07, 6.45) is 3.20. The van der Waals surface area contributed by atoms with E-state index < -0.39 is 0 Å². The van der Waals surface area contributed by atoms with E-state index >= 15 is 0 Å². The Morgan fingerprint density at radius 1 is 1.19 bits per heavy atom. The van der Waals surface area contributed by atoms with Gasteiger partial charge in [0.25, 0.3) is 0 Å². The van der Waals surface area contributed by atoms with Crippen LogP contribution >= 0.6 is 11.8 Å². The molecule has 0 saturated heterocycles. The summed E-state index contributed by atoms with van der Waals surface area (Å²) in [6, 6.07) is 8.83. The molecule has 90 valence electrons. The number of nitrogens with one attached hydrogen (secondary N) is 1. The fraction of sp³-hybridized carbons (Fsp3) is 0.538. The zero-order valence-corrected chi connectivity index (χ0v) is 11.0. The monoisotopic (exact) mass is 239 g/mol. The van der Waals surface area contributed by atoms with E-state index in [2.05, 4.69) is 35.8 Å². The molecule has 0 saturated carbocycles. The van der Waals surface area contributed by atoms with E-state index in [9.17, 15) is 0 Å². The standard InChI is InChI=1S/C13H21NOS/c1-15-9-3-8-14-10-12-4-6-13(7-5-12)11-16-2/h4-7,14H,3,8-11H2,1-2H3. The second-order valence-corrected chi connectivity index (χ2v) is 4.64. The van der Waals surface area contributed by atoms with E-state index in [0.717, 1.165) is 31.9 Å². The van der Waals surface area contributed by atoms with Gasteiger partial charge in [0.15, 0.2) is 0 Å². The third kappa shape index (κ3) is 5.54. The number of benzene rings is 1. The molecule has 1 aromatic rings. The Labute approximate surface area is 103 Å². The number of rotatable bonds is 8. The molecule has 0 unspecified atom stereocenters. The summed E-state index contributed by atoms with van der Waals surface area (Å²) in [4.78, 5) is 0. The van der Waals surface area contributed by atoms with Crippen LogP contribution in [0, 0.1) is 0 Å². The van der Waals surface area contributed by atoms with Crippen LogP contribution in [0.25, 0.3) is 0 Å². The zero-order chi connectivity index (χ0) is 11.6. The average Bonchev–Trinajstić information content (AvgIpc) is 2.31. The van der Waals surface area contributed by atoms with E-state index in [0.29, 0.717) is 0 Å². The molecule has 1 N–H and O–H groups in total. The van der Waals surface area contributed by atoms with Crippen LogP contribution in [0.2, 0.25) is 0 Å². The van der Waals surface area contributed by atoms with Crippen LogP contribution in [0.3, 0.4) is 0 Å². The molecule has 0 atom stereocenters. The van der Waals surface area contributed by atoms with Crippen LogP contribution in [0.4, 0.5) is 0 Å². The van der Waals surface area contributed by atoms with Crippen molar-refractivity contribution < 1.29 is 4.74 Å². The maximum Gasteiger partial charge on any atom is 0.0474 e. The quantitative estimate of drug-likeness (QED) is 0.705. The summed E-state index contributed by atoms with van der Waals surface area (Å²) in [5, 5.41) is 3.40. The maximum atomic E-state index is 4.99. The Kier molecular flexibility index (Phi) is 7.30. The Morgan fingerprint density at radius 2 is 1.88 bits per heavy atom. The van der Waals surface area contributed by atoms with Gasteiger partial charge in [-0.25, -0.2) is 0 Å². The van der Waals surface area contributed by atoms with Crippen molar-refractivity contribution in [3.8, 4) is 0 Å². The topological polar surface area (TPSA) is 21.3 Å². The van der Waals surface area contributed by atoms with E-state index in [1.54, 1.807) is 7.11 Å². The lowest BCUT2D eigenvalue weighted by atomic mass is 10.1. The van der Waals surface area contributed by atoms with Crippen molar-refractivity contribution in [1.82, 2.24) is 5.32 Å². The van der Waals surface area contributed by atoms with Gasteiger partial charge in [-0.3, -0.25) is 0 Å². The van der Waals surface area contributed by atoms with Crippen molar-refractivity contribution in [2.45, 2.75) is 18.7 Å². The van der Waals surface area contributed by atoms with Gasteiger partial charge < -0.3 is 10.1 Å². The first-order valence-electron chi connectivity index (χ1n) is 5.63. The number of hydrogen-bond donors (Lipinski definition) is 1. The van der Waals surface area contributed by atoms with Crippen molar-refractivity contribution in [3.63, 3.8) is 0 Å². The van der Waals surface area contributed by atoms with Gasteiger partial charge in [0, 0.05) is 26.0 Å². The van der Waals surface area contributed by atoms with Crippen molar-refractivity contribution in [2.75, 3.05) is 26.5 Å². The molecule has 0 aliphatic carbocycles. The van der Waals surface area contributed by atoms with Crippen LogP contribution < -0.4 is 5.32 Å². The second kappa shape index (κ2) is 8.62. The molecule has 1 aromatic carbocycles. The smallest absolute Gasteiger partial charge is 0.0474 e. The molecule has 0 heterocycles. The van der Waals surface area contributed by atoms with E-state index in [-0.39, 0.29) is 0 Å². The number of methoxy groups -OCH3 is 1. The summed E-state index contributed by atoms with van der Waals surface area (Å²) in [7, 11) is 1.74. The predicted molar refractivity (Wildman–Crippen MR) is 71.9 cm³/mol. The Bertz CT molecular complexity index is 274. The lowest BCUT2D eigenvalue weighted by molar-refractivity contribution is 0.194. The van der Waals surface area contributed by atoms with Crippen LogP contribution in [-0.4, -0.2) is 26.5 Å². The van der Waals surface area contributed by atoms with E-state index in [4.69, 9.17) is 4.74 Å². The molecular formula is C13H21NOS. The maximum absolute atomic E-state index is 4.99. The van der Waals surface area contributed by atoms with E-state index in [1.165, 1.54) is 11.1 Å². The highest BCUT2D eigenvalue weighted by Gasteiger charge is 1.94. The molecule has 0 fully saturated rings. The second-order valence-electron chi connectivity index (χ2n) is 3.77. The van der Waals surface area contributed by atoms with Gasteiger partial charge in [-0.05, 0) is 30.3 Å². The van der Waals surface area contributed by atoms with Crippen LogP contribution in [0.5, 0.6) is 0 Å². The largest absolute Gasteiger partial charge is 0.385 e. The zero-order valence-electron chi connectivity index (χ0n) is 10.2. The van der Waals surface area contributed by atoms with Crippen molar-refractivity contribution >= 4 is 11.8 Å². The summed E-state index contributed by atoms with van der Waals surface area (Å²) < 4.78 is 4.99. The first-order chi connectivity index (χ1) is 7.86. The van der Waals surface area contributed by atoms with Crippen molar-refractivity contribution in [2.24, 2.45) is 0 Å². The Morgan fingerprint density at radius 3 is 2.50 bits per heavy atom. The van der Waals surface area contributed by atoms with Gasteiger partial charge in [0.05, 0.1) is 0 Å². The van der Waals surface area contributed by atoms with Gasteiger partial charge in [-0.1, -0.05) is 24.3 Å². The molecule has 2 nitrogen and oxygen atoms in total. The van der Waals surface area contributed by atoms with Crippen LogP contribution in [-0.2, 0) is 17.0 Å². The highest BCUT2D eigenvalue weighted by atomic mass is 32.2. The fourth-order valence-corrected chi connectivity index (χ4v) is 2.02. The molecule has 3 heteroatoms. The number of ether oxygens (including phenoxy) is 1. The molecule has 0 aliphatic heterocycles. The molecular weight excluding hydrogens is 218 g/mol. The first-order valence-corrected chi connectivity index (χ1v) is 7.02. The van der Waals surface area contributed by atoms with Crippen molar-refractivity contribution in [1.29, 1.82) is 0 Å². The molecule has 0 radical (unpaired) electrons. The molecule has 0 aromatic heterocycles. The molecule has 0 amide bonds. The molecule has 0 bridgehead atoms. The molecule has 16 heavy (non-hydrogen) atoms. The molecule has 0 spiro atoms. The lowest BCUT2D eigenvalue weighted by Crippen LogP contribution is -2.16. The van der Waals surface area contributed by atoms with Gasteiger partial charge in [-0.2, -0.15) is 11.8 Å². The minimum atomic E-state index is 0.833. The highest BCUT2D eigenvalue weighted by molar-refractivity contribution is 7.97. The van der Waals surface area contributed by atoms with Gasteiger partial charge in [0.1, 0.15) is 0 Å². The Hall–Kier alpha value is -0.510. The Balaban J connectivity index is 2.21. The van der Waals surface area contributed by atoms with Gasteiger partial charge in [0.2, 0.25) is 0 Å². The molecule has 0 aliphatic rings. The van der Waals surface area contributed by atoms with Crippen LogP contribution in [0.1, 0.15) is 17.5 Å². The first kappa shape index (κ1) is 13.6. The van der Waals surface area contributed by atoms with E-state index in [1.807, 2.05) is 11.8 Å². The molecule has 1 rings (SSSR count). The lowest BCUT2D eigenvalue weighted by Gasteiger charge is -2.05. The number of thioether (sulfide) groups is 1. The predicted octanol–water partition coefficient (Wildman–Crippen LogP) is 2.68. The summed E-state index contributed by atoms with van der Waals surface area (Å²) >= 11 is 1.86. The summed E-state index contributed by atoms with van der Waals surface area (Å²) in [5.41, 5.74) is 2.75. The summed E-state index contributed by atoms with van der Waals surface area (Å²) in [6.45, 7) is 2.79. The third-order valence-corrected chi connectivity index (χ3v) is 2.99. The highest BCUT2D eigenvalue weighted by Crippen LogP contribution is 2.10. The van der Waals surface area contributed by atoms with Gasteiger partial charge >= 0.3 is 0 Å². The van der Waals surface area contributed by atoms with Crippen molar-refractivity contribution in [3.05, 3.63) is 35.4 Å². The SMILES string of the molecule is COCCCNCc1ccc(CSC)cc1. The number of hydrogen-bond acceptors (Lipinski definition) is 3. The minimum absolute atomic E-state index is 0.833. The van der Waals surface area contributed by atoms with Gasteiger partial charge in [-0.15, -0.1) is 0 Å². The fourth-order valence-electron chi connectivity index (χ4n) is 1.49. The average molecular weight is 239 g/mol. The summed E-state index contributed by atoms with van der Waals surface area (Å²) in [5.74, 6) is 1.10. The third-order valence-electron chi connectivity index (χ3n) is 2.37. The normalized spacial score (nSPS) is 10.6. The van der Waals surface area contributed by atoms with Crippen LogP contribution in [0.15, 0.2) is 24.3 Å².